The molecule has 0 saturated carbocycles. The van der Waals surface area contributed by atoms with E-state index in [4.69, 9.17) is 10.2 Å². The number of rotatable bonds is 5. The molecule has 2 saturated heterocycles. The first-order valence-corrected chi connectivity index (χ1v) is 9.83. The second kappa shape index (κ2) is 6.87. The normalized spacial score (nSPS) is 24.5. The zero-order chi connectivity index (χ0) is 19.1. The third-order valence-electron chi connectivity index (χ3n) is 5.95. The number of hydrogen-bond donors (Lipinski definition) is 2. The molecule has 144 valence electrons. The Labute approximate surface area is 162 Å². The number of aryl methyl sites for hydroxylation is 1. The van der Waals surface area contributed by atoms with Gasteiger partial charge < -0.3 is 5.32 Å². The first-order valence-electron chi connectivity index (χ1n) is 9.83. The van der Waals surface area contributed by atoms with Crippen molar-refractivity contribution in [2.45, 2.75) is 57.2 Å². The maximum Gasteiger partial charge on any atom is 0.179 e. The van der Waals surface area contributed by atoms with Crippen LogP contribution >= 0.6 is 0 Å². The molecule has 2 bridgehead atoms. The third-order valence-corrected chi connectivity index (χ3v) is 5.95. The summed E-state index contributed by atoms with van der Waals surface area (Å²) in [4.78, 5) is 11.8. The lowest BCUT2D eigenvalue weighted by atomic mass is 9.97. The Morgan fingerprint density at radius 3 is 2.75 bits per heavy atom. The second-order valence-corrected chi connectivity index (χ2v) is 7.77. The Morgan fingerprint density at radius 2 is 2.04 bits per heavy atom. The van der Waals surface area contributed by atoms with E-state index >= 15 is 0 Å². The predicted molar refractivity (Wildman–Crippen MR) is 104 cm³/mol. The van der Waals surface area contributed by atoms with Crippen LogP contribution in [0.3, 0.4) is 0 Å². The van der Waals surface area contributed by atoms with Crippen molar-refractivity contribution in [1.29, 1.82) is 5.26 Å². The summed E-state index contributed by atoms with van der Waals surface area (Å²) < 4.78 is 2.05. The number of aromatic nitrogens is 6. The summed E-state index contributed by atoms with van der Waals surface area (Å²) in [5.74, 6) is 1.39. The number of nitrogens with one attached hydrogen (secondary N) is 2. The van der Waals surface area contributed by atoms with Gasteiger partial charge in [-0.2, -0.15) is 15.5 Å². The van der Waals surface area contributed by atoms with Crippen LogP contribution in [0.2, 0.25) is 0 Å². The molecule has 0 amide bonds. The van der Waals surface area contributed by atoms with Crippen LogP contribution in [-0.2, 0) is 0 Å². The summed E-state index contributed by atoms with van der Waals surface area (Å²) in [7, 11) is 0. The van der Waals surface area contributed by atoms with Crippen LogP contribution in [0.5, 0.6) is 0 Å². The number of anilines is 2. The summed E-state index contributed by atoms with van der Waals surface area (Å²) in [6.07, 6.45) is 8.65. The minimum absolute atomic E-state index is 0.325. The van der Waals surface area contributed by atoms with Crippen LogP contribution in [0, 0.1) is 18.3 Å². The van der Waals surface area contributed by atoms with E-state index in [1.807, 2.05) is 13.0 Å². The SMILES string of the molecule is Cc1cc(Nc2cnc3cnn(C4CC5CCC(C4)N5CCC#N)c3n2)n[nH]1. The number of nitrogens with zero attached hydrogens (tertiary/aromatic N) is 7. The Bertz CT molecular complexity index is 1020. The molecule has 2 N–H and O–H groups in total. The van der Waals surface area contributed by atoms with E-state index in [9.17, 15) is 0 Å². The standard InChI is InChI=1S/C19H23N9/c1-12-7-17(26-25-12)23-18-11-21-16-10-22-28(19(16)24-18)15-8-13-3-4-14(9-15)27(13)6-2-5-20/h7,10-11,13-15H,2-4,6,8-9H2,1H3,(H2,23,24,25,26). The largest absolute Gasteiger partial charge is 0.322 e. The van der Waals surface area contributed by atoms with Gasteiger partial charge in [-0.05, 0) is 32.6 Å². The van der Waals surface area contributed by atoms with E-state index < -0.39 is 0 Å². The van der Waals surface area contributed by atoms with Crippen LogP contribution in [0.25, 0.3) is 11.2 Å². The molecule has 2 aliphatic rings. The minimum atomic E-state index is 0.325. The maximum absolute atomic E-state index is 8.93. The molecule has 2 fully saturated rings. The number of fused-ring (bicyclic) bond motifs is 3. The smallest absolute Gasteiger partial charge is 0.179 e. The lowest BCUT2D eigenvalue weighted by molar-refractivity contribution is 0.106. The molecule has 9 heteroatoms. The predicted octanol–water partition coefficient (Wildman–Crippen LogP) is 2.68. The Hall–Kier alpha value is -2.99. The Kier molecular flexibility index (Phi) is 4.20. The van der Waals surface area contributed by atoms with Crippen LogP contribution in [-0.4, -0.2) is 53.5 Å². The Morgan fingerprint density at radius 1 is 1.21 bits per heavy atom. The highest BCUT2D eigenvalue weighted by Crippen LogP contribution is 2.41. The van der Waals surface area contributed by atoms with Crippen LogP contribution in [0.1, 0.15) is 43.8 Å². The van der Waals surface area contributed by atoms with Gasteiger partial charge in [0.2, 0.25) is 0 Å². The lowest BCUT2D eigenvalue weighted by Gasteiger charge is -2.38. The third kappa shape index (κ3) is 2.99. The molecule has 5 rings (SSSR count). The average molecular weight is 377 g/mol. The van der Waals surface area contributed by atoms with E-state index in [-0.39, 0.29) is 0 Å². The number of H-pyrrole nitrogens is 1. The fraction of sp³-hybridized carbons (Fsp3) is 0.526. The van der Waals surface area contributed by atoms with E-state index in [0.29, 0.717) is 30.4 Å². The van der Waals surface area contributed by atoms with Gasteiger partial charge in [0.25, 0.3) is 0 Å². The number of hydrogen-bond acceptors (Lipinski definition) is 7. The lowest BCUT2D eigenvalue weighted by Crippen LogP contribution is -2.43. The quantitative estimate of drug-likeness (QED) is 0.703. The van der Waals surface area contributed by atoms with Gasteiger partial charge in [-0.25, -0.2) is 14.6 Å². The van der Waals surface area contributed by atoms with Crippen molar-refractivity contribution < 1.29 is 0 Å². The number of aromatic amines is 1. The molecule has 28 heavy (non-hydrogen) atoms. The molecule has 0 aromatic carbocycles. The molecule has 0 radical (unpaired) electrons. The van der Waals surface area contributed by atoms with Gasteiger partial charge in [0.05, 0.1) is 24.5 Å². The molecule has 3 aromatic heterocycles. The van der Waals surface area contributed by atoms with Gasteiger partial charge in [-0.1, -0.05) is 0 Å². The average Bonchev–Trinajstić information content (AvgIpc) is 3.36. The zero-order valence-electron chi connectivity index (χ0n) is 15.8. The van der Waals surface area contributed by atoms with E-state index in [1.165, 1.54) is 12.8 Å². The maximum atomic E-state index is 8.93. The molecular formula is C19H23N9. The topological polar surface area (TPSA) is 111 Å². The fourth-order valence-corrected chi connectivity index (χ4v) is 4.75. The van der Waals surface area contributed by atoms with Crippen molar-refractivity contribution in [2.24, 2.45) is 0 Å². The Balaban J connectivity index is 1.39. The fourth-order valence-electron chi connectivity index (χ4n) is 4.75. The van der Waals surface area contributed by atoms with Gasteiger partial charge >= 0.3 is 0 Å². The van der Waals surface area contributed by atoms with Crippen molar-refractivity contribution in [1.82, 2.24) is 34.8 Å². The van der Waals surface area contributed by atoms with Gasteiger partial charge in [-0.3, -0.25) is 10.00 Å². The highest BCUT2D eigenvalue weighted by atomic mass is 15.3. The molecular weight excluding hydrogens is 354 g/mol. The molecule has 3 aromatic rings. The molecule has 2 aliphatic heterocycles. The minimum Gasteiger partial charge on any atom is -0.322 e. The monoisotopic (exact) mass is 377 g/mol. The van der Waals surface area contributed by atoms with Gasteiger partial charge in [0.15, 0.2) is 17.3 Å². The summed E-state index contributed by atoms with van der Waals surface area (Å²) in [5, 5.41) is 23.9. The first-order chi connectivity index (χ1) is 13.7. The molecule has 5 heterocycles. The van der Waals surface area contributed by atoms with Gasteiger partial charge in [0.1, 0.15) is 5.52 Å². The summed E-state index contributed by atoms with van der Waals surface area (Å²) in [6.45, 7) is 2.84. The van der Waals surface area contributed by atoms with E-state index in [0.717, 1.165) is 42.1 Å². The molecule has 0 aliphatic carbocycles. The molecule has 0 spiro atoms. The van der Waals surface area contributed by atoms with Gasteiger partial charge in [-0.15, -0.1) is 0 Å². The summed E-state index contributed by atoms with van der Waals surface area (Å²) >= 11 is 0. The van der Waals surface area contributed by atoms with Crippen molar-refractivity contribution in [3.63, 3.8) is 0 Å². The second-order valence-electron chi connectivity index (χ2n) is 7.77. The molecule has 2 atom stereocenters. The van der Waals surface area contributed by atoms with Crippen molar-refractivity contribution in [2.75, 3.05) is 11.9 Å². The first kappa shape index (κ1) is 17.1. The number of piperidine rings is 1. The summed E-state index contributed by atoms with van der Waals surface area (Å²) in [5.41, 5.74) is 2.61. The molecule has 2 unspecified atom stereocenters. The van der Waals surface area contributed by atoms with Crippen LogP contribution < -0.4 is 5.32 Å². The van der Waals surface area contributed by atoms with Crippen molar-refractivity contribution in [3.05, 3.63) is 24.2 Å². The highest BCUT2D eigenvalue weighted by molar-refractivity contribution is 5.72. The van der Waals surface area contributed by atoms with E-state index in [2.05, 4.69) is 41.2 Å². The van der Waals surface area contributed by atoms with Crippen molar-refractivity contribution >= 4 is 22.8 Å². The molecule has 9 nitrogen and oxygen atoms in total. The zero-order valence-corrected chi connectivity index (χ0v) is 15.8. The summed E-state index contributed by atoms with van der Waals surface area (Å²) in [6, 6.07) is 5.61. The number of nitriles is 1. The van der Waals surface area contributed by atoms with Gasteiger partial charge in [0, 0.05) is 36.8 Å². The van der Waals surface area contributed by atoms with Crippen LogP contribution in [0.4, 0.5) is 11.6 Å². The highest BCUT2D eigenvalue weighted by Gasteiger charge is 2.41. The van der Waals surface area contributed by atoms with Crippen molar-refractivity contribution in [3.8, 4) is 6.07 Å². The van der Waals surface area contributed by atoms with E-state index in [1.54, 1.807) is 12.4 Å². The van der Waals surface area contributed by atoms with Crippen LogP contribution in [0.15, 0.2) is 18.5 Å².